The van der Waals surface area contributed by atoms with Crippen molar-refractivity contribution in [3.63, 3.8) is 0 Å². The molecule has 5 nitrogen and oxygen atoms in total. The fourth-order valence-electron chi connectivity index (χ4n) is 2.31. The van der Waals surface area contributed by atoms with Crippen LogP contribution in [0.2, 0.25) is 0 Å². The molecule has 1 aliphatic rings. The molecule has 0 aromatic carbocycles. The average Bonchev–Trinajstić information content (AvgIpc) is 2.40. The van der Waals surface area contributed by atoms with Gasteiger partial charge in [0.15, 0.2) is 0 Å². The summed E-state index contributed by atoms with van der Waals surface area (Å²) >= 11 is 0. The third kappa shape index (κ3) is 2.79. The van der Waals surface area contributed by atoms with Gasteiger partial charge in [-0.15, -0.1) is 0 Å². The predicted octanol–water partition coefficient (Wildman–Crippen LogP) is 1.16. The van der Waals surface area contributed by atoms with Gasteiger partial charge in [-0.25, -0.2) is 4.98 Å². The van der Waals surface area contributed by atoms with E-state index in [0.717, 1.165) is 32.5 Å². The number of carbonyl (C=O) groups is 1. The van der Waals surface area contributed by atoms with Gasteiger partial charge in [0.1, 0.15) is 5.82 Å². The summed E-state index contributed by atoms with van der Waals surface area (Å²) in [5.41, 5.74) is 6.23. The zero-order valence-electron chi connectivity index (χ0n) is 10.6. The third-order valence-electron chi connectivity index (χ3n) is 3.37. The average molecular weight is 249 g/mol. The number of pyridine rings is 1. The molecule has 1 amide bonds. The number of methoxy groups -OCH3 is 1. The molecule has 5 heteroatoms. The summed E-state index contributed by atoms with van der Waals surface area (Å²) in [5, 5.41) is 0. The van der Waals surface area contributed by atoms with E-state index in [9.17, 15) is 4.79 Å². The molecule has 2 rings (SSSR count). The van der Waals surface area contributed by atoms with Gasteiger partial charge in [-0.2, -0.15) is 0 Å². The monoisotopic (exact) mass is 249 g/mol. The van der Waals surface area contributed by atoms with Crippen LogP contribution in [0.4, 0.5) is 5.82 Å². The second kappa shape index (κ2) is 5.82. The Kier molecular flexibility index (Phi) is 4.15. The van der Waals surface area contributed by atoms with E-state index in [1.165, 1.54) is 0 Å². The van der Waals surface area contributed by atoms with E-state index in [1.807, 2.05) is 4.90 Å². The SMILES string of the molecule is COCC1CCN(C(=O)c2cccnc2N)CC1. The molecule has 0 aliphatic carbocycles. The summed E-state index contributed by atoms with van der Waals surface area (Å²) in [7, 11) is 1.72. The van der Waals surface area contributed by atoms with Gasteiger partial charge in [0.05, 0.1) is 5.56 Å². The summed E-state index contributed by atoms with van der Waals surface area (Å²) in [6, 6.07) is 3.47. The van der Waals surface area contributed by atoms with Crippen LogP contribution in [-0.4, -0.2) is 42.6 Å². The Morgan fingerprint density at radius 2 is 2.28 bits per heavy atom. The first-order valence-electron chi connectivity index (χ1n) is 6.21. The van der Waals surface area contributed by atoms with Gasteiger partial charge in [-0.1, -0.05) is 0 Å². The number of piperidine rings is 1. The van der Waals surface area contributed by atoms with Crippen LogP contribution in [0.15, 0.2) is 18.3 Å². The molecule has 0 atom stereocenters. The van der Waals surface area contributed by atoms with Crippen LogP contribution in [0.25, 0.3) is 0 Å². The first-order chi connectivity index (χ1) is 8.72. The largest absolute Gasteiger partial charge is 0.384 e. The van der Waals surface area contributed by atoms with Crippen molar-refractivity contribution >= 4 is 11.7 Å². The second-order valence-corrected chi connectivity index (χ2v) is 4.63. The molecular formula is C13H19N3O2. The number of likely N-dealkylation sites (tertiary alicyclic amines) is 1. The standard InChI is InChI=1S/C13H19N3O2/c1-18-9-10-4-7-16(8-5-10)13(17)11-3-2-6-15-12(11)14/h2-3,6,10H,4-5,7-9H2,1H3,(H2,14,15). The minimum atomic E-state index is -0.0172. The van der Waals surface area contributed by atoms with Crippen molar-refractivity contribution in [3.05, 3.63) is 23.9 Å². The van der Waals surface area contributed by atoms with Gasteiger partial charge in [0, 0.05) is 33.0 Å². The van der Waals surface area contributed by atoms with Crippen LogP contribution >= 0.6 is 0 Å². The maximum atomic E-state index is 12.3. The highest BCUT2D eigenvalue weighted by molar-refractivity contribution is 5.98. The number of nitrogens with zero attached hydrogens (tertiary/aromatic N) is 2. The number of rotatable bonds is 3. The normalized spacial score (nSPS) is 16.8. The molecular weight excluding hydrogens is 230 g/mol. The first-order valence-corrected chi connectivity index (χ1v) is 6.21. The summed E-state index contributed by atoms with van der Waals surface area (Å²) in [5.74, 6) is 0.850. The molecule has 1 saturated heterocycles. The fraction of sp³-hybridized carbons (Fsp3) is 0.538. The van der Waals surface area contributed by atoms with Gasteiger partial charge in [0.2, 0.25) is 0 Å². The fourth-order valence-corrected chi connectivity index (χ4v) is 2.31. The van der Waals surface area contributed by atoms with Crippen LogP contribution in [0, 0.1) is 5.92 Å². The van der Waals surface area contributed by atoms with Gasteiger partial charge in [0.25, 0.3) is 5.91 Å². The molecule has 1 aromatic rings. The second-order valence-electron chi connectivity index (χ2n) is 4.63. The lowest BCUT2D eigenvalue weighted by atomic mass is 9.97. The van der Waals surface area contributed by atoms with Crippen LogP contribution in [0.1, 0.15) is 23.2 Å². The molecule has 0 bridgehead atoms. The molecule has 0 saturated carbocycles. The van der Waals surface area contributed by atoms with E-state index in [2.05, 4.69) is 4.98 Å². The van der Waals surface area contributed by atoms with Crippen molar-refractivity contribution in [3.8, 4) is 0 Å². The number of nitrogens with two attached hydrogens (primary N) is 1. The summed E-state index contributed by atoms with van der Waals surface area (Å²) in [6.07, 6.45) is 3.57. The van der Waals surface area contributed by atoms with Crippen molar-refractivity contribution in [2.75, 3.05) is 32.5 Å². The summed E-state index contributed by atoms with van der Waals surface area (Å²) in [6.45, 7) is 2.31. The number of carbonyl (C=O) groups excluding carboxylic acids is 1. The van der Waals surface area contributed by atoms with Gasteiger partial charge >= 0.3 is 0 Å². The van der Waals surface area contributed by atoms with E-state index in [4.69, 9.17) is 10.5 Å². The van der Waals surface area contributed by atoms with Crippen LogP contribution in [0.3, 0.4) is 0 Å². The number of ether oxygens (including phenoxy) is 1. The lowest BCUT2D eigenvalue weighted by Crippen LogP contribution is -2.39. The Morgan fingerprint density at radius 3 is 2.89 bits per heavy atom. The van der Waals surface area contributed by atoms with Crippen molar-refractivity contribution in [2.45, 2.75) is 12.8 Å². The maximum Gasteiger partial charge on any atom is 0.257 e. The van der Waals surface area contributed by atoms with Crippen LogP contribution in [0.5, 0.6) is 0 Å². The molecule has 1 fully saturated rings. The number of nitrogen functional groups attached to an aromatic ring is 1. The van der Waals surface area contributed by atoms with E-state index < -0.39 is 0 Å². The highest BCUT2D eigenvalue weighted by atomic mass is 16.5. The van der Waals surface area contributed by atoms with Crippen molar-refractivity contribution in [2.24, 2.45) is 5.92 Å². The van der Waals surface area contributed by atoms with Gasteiger partial charge < -0.3 is 15.4 Å². The van der Waals surface area contributed by atoms with Crippen molar-refractivity contribution in [1.29, 1.82) is 0 Å². The Bertz CT molecular complexity index is 414. The quantitative estimate of drug-likeness (QED) is 0.873. The molecule has 0 radical (unpaired) electrons. The van der Waals surface area contributed by atoms with E-state index in [-0.39, 0.29) is 5.91 Å². The smallest absolute Gasteiger partial charge is 0.257 e. The number of hydrogen-bond acceptors (Lipinski definition) is 4. The molecule has 1 aromatic heterocycles. The molecule has 18 heavy (non-hydrogen) atoms. The lowest BCUT2D eigenvalue weighted by molar-refractivity contribution is 0.0614. The minimum absolute atomic E-state index is 0.0172. The molecule has 2 N–H and O–H groups in total. The molecule has 0 unspecified atom stereocenters. The summed E-state index contributed by atoms with van der Waals surface area (Å²) in [4.78, 5) is 18.1. The number of anilines is 1. The number of amides is 1. The topological polar surface area (TPSA) is 68.5 Å². The predicted molar refractivity (Wildman–Crippen MR) is 69.2 cm³/mol. The van der Waals surface area contributed by atoms with Crippen LogP contribution in [-0.2, 0) is 4.74 Å². The molecule has 98 valence electrons. The highest BCUT2D eigenvalue weighted by Crippen LogP contribution is 2.20. The zero-order chi connectivity index (χ0) is 13.0. The Balaban J connectivity index is 1.98. The molecule has 0 spiro atoms. The molecule has 2 heterocycles. The van der Waals surface area contributed by atoms with Gasteiger partial charge in [-0.3, -0.25) is 4.79 Å². The minimum Gasteiger partial charge on any atom is -0.384 e. The zero-order valence-corrected chi connectivity index (χ0v) is 10.6. The Labute approximate surface area is 107 Å². The third-order valence-corrected chi connectivity index (χ3v) is 3.37. The first kappa shape index (κ1) is 12.8. The highest BCUT2D eigenvalue weighted by Gasteiger charge is 2.24. The lowest BCUT2D eigenvalue weighted by Gasteiger charge is -2.31. The number of hydrogen-bond donors (Lipinski definition) is 1. The maximum absolute atomic E-state index is 12.3. The van der Waals surface area contributed by atoms with Crippen molar-refractivity contribution in [1.82, 2.24) is 9.88 Å². The van der Waals surface area contributed by atoms with E-state index >= 15 is 0 Å². The van der Waals surface area contributed by atoms with E-state index in [0.29, 0.717) is 17.3 Å². The van der Waals surface area contributed by atoms with E-state index in [1.54, 1.807) is 25.4 Å². The number of aromatic nitrogens is 1. The molecule has 1 aliphatic heterocycles. The Hall–Kier alpha value is -1.62. The Morgan fingerprint density at radius 1 is 1.56 bits per heavy atom. The summed E-state index contributed by atoms with van der Waals surface area (Å²) < 4.78 is 5.15. The van der Waals surface area contributed by atoms with Crippen LogP contribution < -0.4 is 5.73 Å². The van der Waals surface area contributed by atoms with Gasteiger partial charge in [-0.05, 0) is 30.9 Å². The van der Waals surface area contributed by atoms with Crippen molar-refractivity contribution < 1.29 is 9.53 Å².